The Hall–Kier alpha value is -1.48. The lowest BCUT2D eigenvalue weighted by Crippen LogP contribution is -2.38. The number of nitrogens with zero attached hydrogens (tertiary/aromatic N) is 1. The number of carbonyl (C=O) groups is 1. The monoisotopic (exact) mass is 437 g/mol. The molecule has 2 atom stereocenters. The predicted octanol–water partition coefficient (Wildman–Crippen LogP) is 2.53. The fourth-order valence-electron chi connectivity index (χ4n) is 4.13. The predicted molar refractivity (Wildman–Crippen MR) is 117 cm³/mol. The Kier molecular flexibility index (Phi) is 8.68. The van der Waals surface area contributed by atoms with Crippen molar-refractivity contribution in [3.63, 3.8) is 0 Å². The molecule has 2 fully saturated rings. The number of ether oxygens (including phenoxy) is 1. The molecule has 7 nitrogen and oxygen atoms in total. The van der Waals surface area contributed by atoms with Crippen LogP contribution in [0.5, 0.6) is 0 Å². The van der Waals surface area contributed by atoms with Crippen molar-refractivity contribution in [3.05, 3.63) is 29.8 Å². The third kappa shape index (κ3) is 6.77. The van der Waals surface area contributed by atoms with Crippen molar-refractivity contribution in [1.82, 2.24) is 14.9 Å². The summed E-state index contributed by atoms with van der Waals surface area (Å²) in [6, 6.07) is 6.85. The summed E-state index contributed by atoms with van der Waals surface area (Å²) in [7, 11) is -3.67. The number of rotatable bonds is 10. The van der Waals surface area contributed by atoms with E-state index in [9.17, 15) is 13.2 Å². The summed E-state index contributed by atoms with van der Waals surface area (Å²) >= 11 is 0. The number of amides is 1. The second-order valence-electron chi connectivity index (χ2n) is 8.36. The average Bonchev–Trinajstić information content (AvgIpc) is 3.27. The van der Waals surface area contributed by atoms with Gasteiger partial charge in [-0.25, -0.2) is 13.1 Å². The van der Waals surface area contributed by atoms with Crippen LogP contribution in [-0.2, 0) is 14.8 Å². The van der Waals surface area contributed by atoms with Crippen LogP contribution < -0.4 is 10.0 Å². The lowest BCUT2D eigenvalue weighted by Gasteiger charge is -2.33. The molecule has 0 bridgehead atoms. The Bertz CT molecular complexity index is 793. The van der Waals surface area contributed by atoms with E-state index in [1.54, 1.807) is 12.1 Å². The molecule has 1 aromatic rings. The molecule has 0 radical (unpaired) electrons. The number of benzene rings is 1. The zero-order chi connectivity index (χ0) is 21.4. The van der Waals surface area contributed by atoms with Crippen molar-refractivity contribution in [2.45, 2.75) is 68.9 Å². The molecule has 0 aliphatic carbocycles. The number of nitrogens with one attached hydrogen (secondary N) is 2. The number of likely N-dealkylation sites (tertiary alicyclic amines) is 1. The molecule has 2 aliphatic heterocycles. The minimum absolute atomic E-state index is 0.0702. The largest absolute Gasteiger partial charge is 0.377 e. The van der Waals surface area contributed by atoms with E-state index in [0.29, 0.717) is 24.8 Å². The van der Waals surface area contributed by atoms with Crippen molar-refractivity contribution < 1.29 is 17.9 Å². The fourth-order valence-corrected chi connectivity index (χ4v) is 5.24. The van der Waals surface area contributed by atoms with E-state index < -0.39 is 10.0 Å². The molecule has 1 aromatic carbocycles. The van der Waals surface area contributed by atoms with Gasteiger partial charge in [0, 0.05) is 31.3 Å². The third-order valence-electron chi connectivity index (χ3n) is 6.03. The van der Waals surface area contributed by atoms with E-state index in [-0.39, 0.29) is 23.5 Å². The molecule has 2 N–H and O–H groups in total. The lowest BCUT2D eigenvalue weighted by molar-refractivity contribution is 0.0951. The minimum Gasteiger partial charge on any atom is -0.377 e. The van der Waals surface area contributed by atoms with Crippen LogP contribution in [-0.4, -0.2) is 64.2 Å². The molecule has 2 aliphatic rings. The van der Waals surface area contributed by atoms with Crippen LogP contribution in [0.1, 0.15) is 62.2 Å². The quantitative estimate of drug-likeness (QED) is 0.549. The summed E-state index contributed by atoms with van der Waals surface area (Å²) in [6.07, 6.45) is 7.59. The van der Waals surface area contributed by atoms with E-state index in [0.717, 1.165) is 32.2 Å². The first-order valence-electron chi connectivity index (χ1n) is 11.2. The summed E-state index contributed by atoms with van der Waals surface area (Å²) < 4.78 is 33.1. The summed E-state index contributed by atoms with van der Waals surface area (Å²) in [5.41, 5.74) is 0.361. The van der Waals surface area contributed by atoms with Crippen molar-refractivity contribution in [1.29, 1.82) is 0 Å². The SMILES string of the molecule is CC1CCCCN1CCCCNC(=O)c1cccc(S(=O)(=O)NCC2CCCO2)c1. The van der Waals surface area contributed by atoms with Crippen LogP contribution in [0.2, 0.25) is 0 Å². The van der Waals surface area contributed by atoms with E-state index in [4.69, 9.17) is 4.74 Å². The standard InChI is InChI=1S/C22H35N3O4S/c1-18-8-2-4-13-25(18)14-5-3-12-23-22(26)19-9-6-11-21(16-19)30(27,28)24-17-20-10-7-15-29-20/h6,9,11,16,18,20,24H,2-5,7-8,10,12-15,17H2,1H3,(H,23,26). The number of sulfonamides is 1. The van der Waals surface area contributed by atoms with Gasteiger partial charge in [-0.05, 0) is 76.7 Å². The summed E-state index contributed by atoms with van der Waals surface area (Å²) in [5, 5.41) is 2.91. The number of hydrogen-bond acceptors (Lipinski definition) is 5. The Morgan fingerprint density at radius 2 is 2.07 bits per heavy atom. The first-order chi connectivity index (χ1) is 14.5. The van der Waals surface area contributed by atoms with Gasteiger partial charge in [-0.2, -0.15) is 0 Å². The molecule has 2 saturated heterocycles. The lowest BCUT2D eigenvalue weighted by atomic mass is 10.0. The van der Waals surface area contributed by atoms with Gasteiger partial charge in [-0.15, -0.1) is 0 Å². The molecule has 0 saturated carbocycles. The van der Waals surface area contributed by atoms with E-state index in [1.807, 2.05) is 0 Å². The maximum absolute atomic E-state index is 12.5. The van der Waals surface area contributed by atoms with Gasteiger partial charge >= 0.3 is 0 Å². The maximum Gasteiger partial charge on any atom is 0.251 e. The van der Waals surface area contributed by atoms with Gasteiger partial charge in [-0.1, -0.05) is 12.5 Å². The Labute approximate surface area is 180 Å². The second-order valence-corrected chi connectivity index (χ2v) is 10.1. The highest BCUT2D eigenvalue weighted by atomic mass is 32.2. The van der Waals surface area contributed by atoms with Crippen molar-refractivity contribution in [2.75, 3.05) is 32.8 Å². The zero-order valence-corrected chi connectivity index (χ0v) is 18.8. The Morgan fingerprint density at radius 3 is 2.83 bits per heavy atom. The maximum atomic E-state index is 12.5. The van der Waals surface area contributed by atoms with E-state index in [1.165, 1.54) is 37.9 Å². The van der Waals surface area contributed by atoms with Crippen LogP contribution in [0.4, 0.5) is 0 Å². The van der Waals surface area contributed by atoms with Gasteiger partial charge < -0.3 is 15.0 Å². The average molecular weight is 438 g/mol. The van der Waals surface area contributed by atoms with Gasteiger partial charge in [0.15, 0.2) is 0 Å². The van der Waals surface area contributed by atoms with Crippen LogP contribution in [0, 0.1) is 0 Å². The topological polar surface area (TPSA) is 87.7 Å². The number of piperidine rings is 1. The number of unbranched alkanes of at least 4 members (excludes halogenated alkanes) is 1. The first kappa shape index (κ1) is 23.2. The van der Waals surface area contributed by atoms with Crippen molar-refractivity contribution in [3.8, 4) is 0 Å². The number of carbonyl (C=O) groups excluding carboxylic acids is 1. The normalized spacial score (nSPS) is 22.8. The molecule has 0 aromatic heterocycles. The molecular formula is C22H35N3O4S. The molecule has 1 amide bonds. The third-order valence-corrected chi connectivity index (χ3v) is 7.45. The molecule has 2 unspecified atom stereocenters. The van der Waals surface area contributed by atoms with E-state index >= 15 is 0 Å². The van der Waals surface area contributed by atoms with Crippen LogP contribution in [0.15, 0.2) is 29.2 Å². The van der Waals surface area contributed by atoms with Gasteiger partial charge in [0.2, 0.25) is 10.0 Å². The molecule has 30 heavy (non-hydrogen) atoms. The van der Waals surface area contributed by atoms with Crippen molar-refractivity contribution >= 4 is 15.9 Å². The molecule has 8 heteroatoms. The van der Waals surface area contributed by atoms with Gasteiger partial charge in [-0.3, -0.25) is 4.79 Å². The first-order valence-corrected chi connectivity index (χ1v) is 12.7. The summed E-state index contributed by atoms with van der Waals surface area (Å²) in [4.78, 5) is 15.1. The highest BCUT2D eigenvalue weighted by Crippen LogP contribution is 2.17. The second kappa shape index (κ2) is 11.2. The van der Waals surface area contributed by atoms with Gasteiger partial charge in [0.25, 0.3) is 5.91 Å². The minimum atomic E-state index is -3.67. The summed E-state index contributed by atoms with van der Waals surface area (Å²) in [6.45, 7) is 6.07. The molecule has 2 heterocycles. The Morgan fingerprint density at radius 1 is 1.20 bits per heavy atom. The Balaban J connectivity index is 1.43. The summed E-state index contributed by atoms with van der Waals surface area (Å²) in [5.74, 6) is -0.238. The van der Waals surface area contributed by atoms with Crippen LogP contribution in [0.3, 0.4) is 0 Å². The highest BCUT2D eigenvalue weighted by Gasteiger charge is 2.21. The van der Waals surface area contributed by atoms with E-state index in [2.05, 4.69) is 21.9 Å². The smallest absolute Gasteiger partial charge is 0.251 e. The molecule has 3 rings (SSSR count). The van der Waals surface area contributed by atoms with Crippen LogP contribution >= 0.6 is 0 Å². The van der Waals surface area contributed by atoms with Crippen molar-refractivity contribution in [2.24, 2.45) is 0 Å². The van der Waals surface area contributed by atoms with Gasteiger partial charge in [0.1, 0.15) is 0 Å². The highest BCUT2D eigenvalue weighted by molar-refractivity contribution is 7.89. The fraction of sp³-hybridized carbons (Fsp3) is 0.682. The zero-order valence-electron chi connectivity index (χ0n) is 17.9. The molecular weight excluding hydrogens is 402 g/mol. The van der Waals surface area contributed by atoms with Crippen LogP contribution in [0.25, 0.3) is 0 Å². The molecule has 168 valence electrons. The number of hydrogen-bond donors (Lipinski definition) is 2. The molecule has 0 spiro atoms. The van der Waals surface area contributed by atoms with Gasteiger partial charge in [0.05, 0.1) is 11.0 Å².